The van der Waals surface area contributed by atoms with Gasteiger partial charge in [0.25, 0.3) is 0 Å². The van der Waals surface area contributed by atoms with Crippen LogP contribution < -0.4 is 10.5 Å². The van der Waals surface area contributed by atoms with E-state index in [9.17, 15) is 4.79 Å². The molecule has 0 aliphatic heterocycles. The first-order chi connectivity index (χ1) is 11.0. The Morgan fingerprint density at radius 2 is 2.17 bits per heavy atom. The van der Waals surface area contributed by atoms with Gasteiger partial charge in [-0.25, -0.2) is 9.48 Å². The van der Waals surface area contributed by atoms with Crippen molar-refractivity contribution in [1.82, 2.24) is 9.78 Å². The Balaban J connectivity index is 2.65. The van der Waals surface area contributed by atoms with Gasteiger partial charge in [0.1, 0.15) is 17.1 Å². The average Bonchev–Trinajstić information content (AvgIpc) is 2.83. The summed E-state index contributed by atoms with van der Waals surface area (Å²) in [7, 11) is 0. The third kappa shape index (κ3) is 3.29. The van der Waals surface area contributed by atoms with Gasteiger partial charge in [0.2, 0.25) is 0 Å². The molecule has 0 aliphatic carbocycles. The highest BCUT2D eigenvalue weighted by atomic mass is 79.9. The molecule has 0 saturated heterocycles. The highest BCUT2D eigenvalue weighted by Crippen LogP contribution is 2.31. The summed E-state index contributed by atoms with van der Waals surface area (Å²) in [5.74, 6) is -0.165. The molecule has 1 heterocycles. The molecule has 2 rings (SSSR count). The predicted octanol–water partition coefficient (Wildman–Crippen LogP) is 2.66. The number of nitrogens with two attached hydrogens (primary N) is 1. The SMILES string of the molecule is CCOC(=O)c1c(N)c(Br)nn1-c1ccc(C#N)cc1OCC. The molecule has 7 nitrogen and oxygen atoms in total. The maximum absolute atomic E-state index is 12.2. The van der Waals surface area contributed by atoms with Crippen molar-refractivity contribution in [2.24, 2.45) is 0 Å². The Kier molecular flexibility index (Phi) is 5.24. The fourth-order valence-electron chi connectivity index (χ4n) is 2.00. The number of halogens is 1. The molecular weight excluding hydrogens is 364 g/mol. The molecule has 0 unspecified atom stereocenters. The molecule has 0 radical (unpaired) electrons. The third-order valence-electron chi connectivity index (χ3n) is 2.96. The summed E-state index contributed by atoms with van der Waals surface area (Å²) in [5, 5.41) is 13.2. The molecule has 2 aromatic rings. The topological polar surface area (TPSA) is 103 Å². The molecule has 8 heteroatoms. The maximum atomic E-state index is 12.2. The number of hydrogen-bond acceptors (Lipinski definition) is 6. The van der Waals surface area contributed by atoms with Crippen molar-refractivity contribution < 1.29 is 14.3 Å². The predicted molar refractivity (Wildman–Crippen MR) is 87.5 cm³/mol. The van der Waals surface area contributed by atoms with E-state index in [4.69, 9.17) is 20.5 Å². The Labute approximate surface area is 141 Å². The standard InChI is InChI=1S/C15H15BrN4O3/c1-3-22-11-7-9(8-17)5-6-10(11)20-13(15(21)23-4-2)12(18)14(16)19-20/h5-7H,3-4,18H2,1-2H3. The van der Waals surface area contributed by atoms with Crippen LogP contribution in [0.15, 0.2) is 22.8 Å². The molecule has 0 fully saturated rings. The molecule has 1 aromatic carbocycles. The third-order valence-corrected chi connectivity index (χ3v) is 3.55. The number of anilines is 1. The molecule has 0 aliphatic rings. The normalized spacial score (nSPS) is 10.2. The number of nitrogens with zero attached hydrogens (tertiary/aromatic N) is 3. The van der Waals surface area contributed by atoms with E-state index in [0.29, 0.717) is 28.2 Å². The number of carbonyl (C=O) groups is 1. The van der Waals surface area contributed by atoms with E-state index in [1.54, 1.807) is 25.1 Å². The number of nitrogen functional groups attached to an aromatic ring is 1. The Morgan fingerprint density at radius 3 is 2.78 bits per heavy atom. The molecule has 0 spiro atoms. The molecule has 0 bridgehead atoms. The zero-order valence-electron chi connectivity index (χ0n) is 12.7. The Hall–Kier alpha value is -2.53. The fraction of sp³-hybridized carbons (Fsp3) is 0.267. The number of esters is 1. The summed E-state index contributed by atoms with van der Waals surface area (Å²) in [6.07, 6.45) is 0. The monoisotopic (exact) mass is 378 g/mol. The molecule has 0 amide bonds. The minimum atomic E-state index is -0.588. The molecule has 0 atom stereocenters. The van der Waals surface area contributed by atoms with Gasteiger partial charge in [-0.3, -0.25) is 0 Å². The fourth-order valence-corrected chi connectivity index (χ4v) is 2.35. The van der Waals surface area contributed by atoms with Crippen molar-refractivity contribution >= 4 is 27.6 Å². The summed E-state index contributed by atoms with van der Waals surface area (Å²) in [5.41, 5.74) is 7.14. The summed E-state index contributed by atoms with van der Waals surface area (Å²) in [4.78, 5) is 12.2. The van der Waals surface area contributed by atoms with Gasteiger partial charge in [-0.05, 0) is 41.9 Å². The van der Waals surface area contributed by atoms with Gasteiger partial charge in [-0.15, -0.1) is 0 Å². The average molecular weight is 379 g/mol. The first kappa shape index (κ1) is 16.8. The quantitative estimate of drug-likeness (QED) is 0.802. The van der Waals surface area contributed by atoms with Gasteiger partial charge in [-0.1, -0.05) is 0 Å². The van der Waals surface area contributed by atoms with Gasteiger partial charge in [0.05, 0.1) is 24.8 Å². The largest absolute Gasteiger partial charge is 0.492 e. The second-order valence-electron chi connectivity index (χ2n) is 4.41. The first-order valence-electron chi connectivity index (χ1n) is 6.91. The second kappa shape index (κ2) is 7.15. The maximum Gasteiger partial charge on any atom is 0.359 e. The lowest BCUT2D eigenvalue weighted by molar-refractivity contribution is 0.0517. The number of ether oxygens (including phenoxy) is 2. The first-order valence-corrected chi connectivity index (χ1v) is 7.71. The lowest BCUT2D eigenvalue weighted by Crippen LogP contribution is -2.14. The molecule has 2 N–H and O–H groups in total. The van der Waals surface area contributed by atoms with Gasteiger partial charge in [-0.2, -0.15) is 10.4 Å². The van der Waals surface area contributed by atoms with Crippen LogP contribution in [0.4, 0.5) is 5.69 Å². The van der Waals surface area contributed by atoms with Crippen LogP contribution in [0, 0.1) is 11.3 Å². The number of benzene rings is 1. The van der Waals surface area contributed by atoms with Crippen LogP contribution in [0.25, 0.3) is 5.69 Å². The van der Waals surface area contributed by atoms with E-state index in [1.807, 2.05) is 13.0 Å². The van der Waals surface area contributed by atoms with Crippen LogP contribution in [0.1, 0.15) is 29.9 Å². The molecular formula is C15H15BrN4O3. The molecule has 23 heavy (non-hydrogen) atoms. The highest BCUT2D eigenvalue weighted by molar-refractivity contribution is 9.10. The Bertz CT molecular complexity index is 780. The number of rotatable bonds is 5. The van der Waals surface area contributed by atoms with E-state index in [2.05, 4.69) is 21.0 Å². The molecule has 120 valence electrons. The van der Waals surface area contributed by atoms with Crippen LogP contribution in [0.2, 0.25) is 0 Å². The van der Waals surface area contributed by atoms with E-state index >= 15 is 0 Å². The summed E-state index contributed by atoms with van der Waals surface area (Å²) in [6.45, 7) is 4.14. The van der Waals surface area contributed by atoms with Crippen LogP contribution >= 0.6 is 15.9 Å². The van der Waals surface area contributed by atoms with Crippen molar-refractivity contribution in [3.05, 3.63) is 34.1 Å². The summed E-state index contributed by atoms with van der Waals surface area (Å²) in [6, 6.07) is 6.88. The van der Waals surface area contributed by atoms with Crippen molar-refractivity contribution in [3.8, 4) is 17.5 Å². The van der Waals surface area contributed by atoms with Crippen molar-refractivity contribution in [3.63, 3.8) is 0 Å². The van der Waals surface area contributed by atoms with Crippen LogP contribution in [0.5, 0.6) is 5.75 Å². The van der Waals surface area contributed by atoms with Gasteiger partial charge >= 0.3 is 5.97 Å². The van der Waals surface area contributed by atoms with Crippen molar-refractivity contribution in [2.75, 3.05) is 18.9 Å². The second-order valence-corrected chi connectivity index (χ2v) is 5.16. The van der Waals surface area contributed by atoms with Crippen LogP contribution in [-0.2, 0) is 4.74 Å². The van der Waals surface area contributed by atoms with Gasteiger partial charge in [0, 0.05) is 6.07 Å². The van der Waals surface area contributed by atoms with E-state index in [0.717, 1.165) is 0 Å². The smallest absolute Gasteiger partial charge is 0.359 e. The van der Waals surface area contributed by atoms with E-state index in [1.165, 1.54) is 4.68 Å². The molecule has 0 saturated carbocycles. The zero-order valence-corrected chi connectivity index (χ0v) is 14.3. The van der Waals surface area contributed by atoms with Crippen LogP contribution in [-0.4, -0.2) is 29.0 Å². The number of hydrogen-bond donors (Lipinski definition) is 1. The summed E-state index contributed by atoms with van der Waals surface area (Å²) < 4.78 is 12.3. The van der Waals surface area contributed by atoms with Gasteiger partial charge in [0.15, 0.2) is 10.3 Å². The van der Waals surface area contributed by atoms with E-state index in [-0.39, 0.29) is 18.0 Å². The summed E-state index contributed by atoms with van der Waals surface area (Å²) >= 11 is 3.22. The van der Waals surface area contributed by atoms with E-state index < -0.39 is 5.97 Å². The number of carbonyl (C=O) groups excluding carboxylic acids is 1. The number of nitriles is 1. The highest BCUT2D eigenvalue weighted by Gasteiger charge is 2.24. The minimum Gasteiger partial charge on any atom is -0.492 e. The van der Waals surface area contributed by atoms with Crippen LogP contribution in [0.3, 0.4) is 0 Å². The minimum absolute atomic E-state index is 0.101. The lowest BCUT2D eigenvalue weighted by atomic mass is 10.2. The Morgan fingerprint density at radius 1 is 1.43 bits per heavy atom. The number of aromatic nitrogens is 2. The lowest BCUT2D eigenvalue weighted by Gasteiger charge is -2.12. The van der Waals surface area contributed by atoms with Crippen molar-refractivity contribution in [1.29, 1.82) is 5.26 Å². The zero-order chi connectivity index (χ0) is 17.0. The molecule has 1 aromatic heterocycles. The van der Waals surface area contributed by atoms with Gasteiger partial charge < -0.3 is 15.2 Å². The van der Waals surface area contributed by atoms with Crippen molar-refractivity contribution in [2.45, 2.75) is 13.8 Å².